The van der Waals surface area contributed by atoms with Crippen LogP contribution in [0.3, 0.4) is 0 Å². The highest BCUT2D eigenvalue weighted by molar-refractivity contribution is 5.91. The van der Waals surface area contributed by atoms with E-state index in [1.165, 1.54) is 0 Å². The highest BCUT2D eigenvalue weighted by atomic mass is 16.5. The van der Waals surface area contributed by atoms with E-state index in [1.54, 1.807) is 6.92 Å². The fourth-order valence-corrected chi connectivity index (χ4v) is 1.69. The minimum absolute atomic E-state index is 0.193. The van der Waals surface area contributed by atoms with Gasteiger partial charge < -0.3 is 4.74 Å². The molecule has 0 saturated heterocycles. The van der Waals surface area contributed by atoms with Gasteiger partial charge >= 0.3 is 6.09 Å². The normalized spacial score (nSPS) is 10.2. The summed E-state index contributed by atoms with van der Waals surface area (Å²) >= 11 is 0. The van der Waals surface area contributed by atoms with Gasteiger partial charge in [-0.25, -0.2) is 4.79 Å². The van der Waals surface area contributed by atoms with Crippen LogP contribution in [0.4, 0.5) is 4.79 Å². The number of carbonyl (C=O) groups is 2. The second-order valence-corrected chi connectivity index (χ2v) is 4.23. The van der Waals surface area contributed by atoms with Gasteiger partial charge in [0.2, 0.25) is 5.82 Å². The number of ether oxygens (including phenoxy) is 1. The van der Waals surface area contributed by atoms with Crippen molar-refractivity contribution in [2.24, 2.45) is 0 Å². The van der Waals surface area contributed by atoms with Crippen LogP contribution in [0.15, 0.2) is 24.3 Å². The molecule has 1 heterocycles. The molecule has 1 N–H and O–H groups in total. The standard InChI is InChI=1S/C13H15N5O3/c1-3-21-13(20)14-11(19)8-18-16-12(15-17-18)10-7-5-4-6-9(10)2/h4-7H,3,8H2,1-2H3,(H,14,19,20). The van der Waals surface area contributed by atoms with Gasteiger partial charge in [-0.1, -0.05) is 24.3 Å². The predicted octanol–water partition coefficient (Wildman–Crippen LogP) is 0.921. The van der Waals surface area contributed by atoms with E-state index in [9.17, 15) is 9.59 Å². The van der Waals surface area contributed by atoms with Crippen molar-refractivity contribution in [1.82, 2.24) is 25.5 Å². The molecule has 0 fully saturated rings. The Labute approximate surface area is 121 Å². The van der Waals surface area contributed by atoms with Crippen LogP contribution < -0.4 is 5.32 Å². The molecule has 1 aromatic carbocycles. The number of aromatic nitrogens is 4. The number of aryl methyl sites for hydroxylation is 1. The molecule has 0 saturated carbocycles. The summed E-state index contributed by atoms with van der Waals surface area (Å²) in [5, 5.41) is 13.9. The van der Waals surface area contributed by atoms with Gasteiger partial charge in [0.25, 0.3) is 5.91 Å². The molecule has 2 rings (SSSR count). The lowest BCUT2D eigenvalue weighted by Gasteiger charge is -2.02. The summed E-state index contributed by atoms with van der Waals surface area (Å²) in [4.78, 5) is 23.8. The Balaban J connectivity index is 2.02. The second kappa shape index (κ2) is 6.60. The Bertz CT molecular complexity index is 653. The van der Waals surface area contributed by atoms with E-state index < -0.39 is 12.0 Å². The van der Waals surface area contributed by atoms with Gasteiger partial charge in [-0.15, -0.1) is 10.2 Å². The number of alkyl carbamates (subject to hydrolysis) is 1. The summed E-state index contributed by atoms with van der Waals surface area (Å²) in [7, 11) is 0. The number of nitrogens with zero attached hydrogens (tertiary/aromatic N) is 4. The first kappa shape index (κ1) is 14.6. The van der Waals surface area contributed by atoms with E-state index in [0.717, 1.165) is 15.9 Å². The molecule has 2 amide bonds. The van der Waals surface area contributed by atoms with Crippen LogP contribution in [0, 0.1) is 6.92 Å². The van der Waals surface area contributed by atoms with Crippen LogP contribution in [0.1, 0.15) is 12.5 Å². The summed E-state index contributed by atoms with van der Waals surface area (Å²) < 4.78 is 4.60. The molecule has 1 aromatic heterocycles. The molecule has 8 heteroatoms. The Hall–Kier alpha value is -2.77. The minimum atomic E-state index is -0.790. The van der Waals surface area contributed by atoms with Crippen LogP contribution >= 0.6 is 0 Å². The van der Waals surface area contributed by atoms with Gasteiger partial charge in [0.05, 0.1) is 6.61 Å². The molecule has 0 aliphatic heterocycles. The molecular formula is C13H15N5O3. The second-order valence-electron chi connectivity index (χ2n) is 4.23. The van der Waals surface area contributed by atoms with E-state index in [0.29, 0.717) is 5.82 Å². The van der Waals surface area contributed by atoms with Crippen molar-refractivity contribution in [3.05, 3.63) is 29.8 Å². The van der Waals surface area contributed by atoms with Crippen molar-refractivity contribution in [3.63, 3.8) is 0 Å². The SMILES string of the molecule is CCOC(=O)NC(=O)Cn1nnc(-c2ccccc2C)n1. The third-order valence-corrected chi connectivity index (χ3v) is 2.64. The van der Waals surface area contributed by atoms with Crippen LogP contribution in [-0.2, 0) is 16.1 Å². The van der Waals surface area contributed by atoms with Crippen LogP contribution in [0.5, 0.6) is 0 Å². The molecule has 0 atom stereocenters. The number of nitrogens with one attached hydrogen (secondary N) is 1. The average Bonchev–Trinajstić information content (AvgIpc) is 2.87. The average molecular weight is 289 g/mol. The Morgan fingerprint density at radius 2 is 2.10 bits per heavy atom. The number of imide groups is 1. The Kier molecular flexibility index (Phi) is 4.60. The largest absolute Gasteiger partial charge is 0.450 e. The van der Waals surface area contributed by atoms with Gasteiger partial charge in [-0.2, -0.15) is 4.80 Å². The number of hydrogen-bond acceptors (Lipinski definition) is 6. The monoisotopic (exact) mass is 289 g/mol. The maximum Gasteiger partial charge on any atom is 0.413 e. The lowest BCUT2D eigenvalue weighted by molar-refractivity contribution is -0.121. The van der Waals surface area contributed by atoms with Gasteiger partial charge in [-0.3, -0.25) is 10.1 Å². The topological polar surface area (TPSA) is 99.0 Å². The molecule has 0 aliphatic carbocycles. The number of benzene rings is 1. The minimum Gasteiger partial charge on any atom is -0.450 e. The highest BCUT2D eigenvalue weighted by Crippen LogP contribution is 2.17. The molecule has 0 aliphatic rings. The smallest absolute Gasteiger partial charge is 0.413 e. The zero-order chi connectivity index (χ0) is 15.2. The summed E-state index contributed by atoms with van der Waals surface area (Å²) in [6, 6.07) is 7.59. The highest BCUT2D eigenvalue weighted by Gasteiger charge is 2.13. The van der Waals surface area contributed by atoms with Gasteiger partial charge in [0.15, 0.2) is 0 Å². The molecule has 110 valence electrons. The number of rotatable bonds is 4. The zero-order valence-corrected chi connectivity index (χ0v) is 11.7. The summed E-state index contributed by atoms with van der Waals surface area (Å²) in [5.74, 6) is -0.140. The van der Waals surface area contributed by atoms with Crippen LogP contribution in [0.2, 0.25) is 0 Å². The van der Waals surface area contributed by atoms with Crippen molar-refractivity contribution < 1.29 is 14.3 Å². The van der Waals surface area contributed by atoms with Crippen LogP contribution in [0.25, 0.3) is 11.4 Å². The Morgan fingerprint density at radius 1 is 1.33 bits per heavy atom. The summed E-state index contributed by atoms with van der Waals surface area (Å²) in [5.41, 5.74) is 1.85. The quantitative estimate of drug-likeness (QED) is 0.898. The van der Waals surface area contributed by atoms with E-state index in [2.05, 4.69) is 25.5 Å². The maximum atomic E-state index is 11.6. The molecule has 8 nitrogen and oxygen atoms in total. The fourth-order valence-electron chi connectivity index (χ4n) is 1.69. The molecule has 0 bridgehead atoms. The molecule has 0 unspecified atom stereocenters. The lowest BCUT2D eigenvalue weighted by Crippen LogP contribution is -2.34. The van der Waals surface area contributed by atoms with Crippen molar-refractivity contribution in [1.29, 1.82) is 0 Å². The number of hydrogen-bond donors (Lipinski definition) is 1. The zero-order valence-electron chi connectivity index (χ0n) is 11.7. The van der Waals surface area contributed by atoms with E-state index >= 15 is 0 Å². The number of carbonyl (C=O) groups excluding carboxylic acids is 2. The fraction of sp³-hybridized carbons (Fsp3) is 0.308. The van der Waals surface area contributed by atoms with E-state index in [4.69, 9.17) is 0 Å². The number of tetrazole rings is 1. The first-order valence-electron chi connectivity index (χ1n) is 6.40. The maximum absolute atomic E-state index is 11.6. The third kappa shape index (κ3) is 3.85. The van der Waals surface area contributed by atoms with Crippen LogP contribution in [-0.4, -0.2) is 38.8 Å². The summed E-state index contributed by atoms with van der Waals surface area (Å²) in [6.45, 7) is 3.57. The molecule has 2 aromatic rings. The Morgan fingerprint density at radius 3 is 2.81 bits per heavy atom. The molecule has 0 radical (unpaired) electrons. The van der Waals surface area contributed by atoms with E-state index in [1.807, 2.05) is 31.2 Å². The van der Waals surface area contributed by atoms with Gasteiger partial charge in [0, 0.05) is 5.56 Å². The predicted molar refractivity (Wildman–Crippen MR) is 73.2 cm³/mol. The van der Waals surface area contributed by atoms with Crippen molar-refractivity contribution in [2.45, 2.75) is 20.4 Å². The van der Waals surface area contributed by atoms with Gasteiger partial charge in [0.1, 0.15) is 6.54 Å². The first-order valence-corrected chi connectivity index (χ1v) is 6.40. The molecule has 21 heavy (non-hydrogen) atoms. The van der Waals surface area contributed by atoms with Crippen molar-refractivity contribution >= 4 is 12.0 Å². The van der Waals surface area contributed by atoms with E-state index in [-0.39, 0.29) is 13.2 Å². The lowest BCUT2D eigenvalue weighted by atomic mass is 10.1. The first-order chi connectivity index (χ1) is 10.1. The van der Waals surface area contributed by atoms with Gasteiger partial charge in [-0.05, 0) is 24.6 Å². The van der Waals surface area contributed by atoms with Crippen molar-refractivity contribution in [2.75, 3.05) is 6.61 Å². The van der Waals surface area contributed by atoms with Crippen molar-refractivity contribution in [3.8, 4) is 11.4 Å². The number of amides is 2. The molecule has 0 spiro atoms. The third-order valence-electron chi connectivity index (χ3n) is 2.64. The summed E-state index contributed by atoms with van der Waals surface area (Å²) in [6.07, 6.45) is -0.790. The molecular weight excluding hydrogens is 274 g/mol.